The van der Waals surface area contributed by atoms with Gasteiger partial charge >= 0.3 is 0 Å². The molecule has 2 aromatic rings. The van der Waals surface area contributed by atoms with Crippen molar-refractivity contribution in [1.29, 1.82) is 0 Å². The molecule has 1 aromatic carbocycles. The standard InChI is InChI=1S/C15H18N2O3S/c1-11-9-15(16-20-11)17-21(18,19)14-7-5-13(6-8-14)10-12-3-2-4-12/h5-9,12H,2-4,10H2,1H3,(H,16,17). The maximum atomic E-state index is 12.2. The summed E-state index contributed by atoms with van der Waals surface area (Å²) in [6.07, 6.45) is 4.93. The normalized spacial score (nSPS) is 15.7. The highest BCUT2D eigenvalue weighted by atomic mass is 32.2. The minimum Gasteiger partial charge on any atom is -0.360 e. The molecule has 0 saturated heterocycles. The van der Waals surface area contributed by atoms with Gasteiger partial charge in [0.2, 0.25) is 0 Å². The summed E-state index contributed by atoms with van der Waals surface area (Å²) in [6.45, 7) is 1.71. The van der Waals surface area contributed by atoms with Crippen molar-refractivity contribution >= 4 is 15.8 Å². The van der Waals surface area contributed by atoms with Gasteiger partial charge in [0.25, 0.3) is 10.0 Å². The molecule has 5 nitrogen and oxygen atoms in total. The van der Waals surface area contributed by atoms with Crippen LogP contribution < -0.4 is 4.72 Å². The van der Waals surface area contributed by atoms with Gasteiger partial charge in [-0.1, -0.05) is 36.6 Å². The second-order valence-corrected chi connectivity index (χ2v) is 7.26. The Morgan fingerprint density at radius 3 is 2.52 bits per heavy atom. The number of hydrogen-bond acceptors (Lipinski definition) is 4. The second-order valence-electron chi connectivity index (χ2n) is 5.57. The summed E-state index contributed by atoms with van der Waals surface area (Å²) in [6, 6.07) is 8.61. The number of nitrogens with zero attached hydrogens (tertiary/aromatic N) is 1. The van der Waals surface area contributed by atoms with Gasteiger partial charge < -0.3 is 4.52 Å². The van der Waals surface area contributed by atoms with Crippen molar-refractivity contribution in [3.63, 3.8) is 0 Å². The molecule has 1 aromatic heterocycles. The molecule has 3 rings (SSSR count). The number of aryl methyl sites for hydroxylation is 1. The molecule has 1 aliphatic carbocycles. The molecule has 1 aliphatic rings. The van der Waals surface area contributed by atoms with E-state index in [2.05, 4.69) is 9.88 Å². The van der Waals surface area contributed by atoms with Crippen LogP contribution in [-0.4, -0.2) is 13.6 Å². The van der Waals surface area contributed by atoms with Gasteiger partial charge in [-0.25, -0.2) is 8.42 Å². The third kappa shape index (κ3) is 3.26. The number of aromatic nitrogens is 1. The molecule has 6 heteroatoms. The summed E-state index contributed by atoms with van der Waals surface area (Å²) in [7, 11) is -3.61. The summed E-state index contributed by atoms with van der Waals surface area (Å²) in [5.74, 6) is 1.53. The zero-order chi connectivity index (χ0) is 14.9. The second kappa shape index (κ2) is 5.52. The lowest BCUT2D eigenvalue weighted by atomic mass is 9.81. The van der Waals surface area contributed by atoms with E-state index in [9.17, 15) is 8.42 Å². The summed E-state index contributed by atoms with van der Waals surface area (Å²) in [5.41, 5.74) is 1.19. The highest BCUT2D eigenvalue weighted by Crippen LogP contribution is 2.30. The van der Waals surface area contributed by atoms with E-state index < -0.39 is 10.0 Å². The van der Waals surface area contributed by atoms with Gasteiger partial charge in [-0.05, 0) is 37.0 Å². The quantitative estimate of drug-likeness (QED) is 0.921. The molecule has 1 heterocycles. The van der Waals surface area contributed by atoms with E-state index in [1.54, 1.807) is 25.1 Å². The van der Waals surface area contributed by atoms with E-state index in [1.165, 1.54) is 24.8 Å². The van der Waals surface area contributed by atoms with Crippen LogP contribution in [0.3, 0.4) is 0 Å². The summed E-state index contributed by atoms with van der Waals surface area (Å²) < 4.78 is 31.7. The number of nitrogens with one attached hydrogen (secondary N) is 1. The predicted molar refractivity (Wildman–Crippen MR) is 79.5 cm³/mol. The highest BCUT2D eigenvalue weighted by Gasteiger charge is 2.19. The Hall–Kier alpha value is -1.82. The molecule has 1 saturated carbocycles. The Labute approximate surface area is 124 Å². The van der Waals surface area contributed by atoms with Crippen LogP contribution in [0, 0.1) is 12.8 Å². The number of rotatable bonds is 5. The van der Waals surface area contributed by atoms with Gasteiger partial charge in [0.05, 0.1) is 4.90 Å². The van der Waals surface area contributed by atoms with E-state index in [0.717, 1.165) is 12.3 Å². The maximum Gasteiger partial charge on any atom is 0.263 e. The van der Waals surface area contributed by atoms with Crippen molar-refractivity contribution in [3.05, 3.63) is 41.7 Å². The Morgan fingerprint density at radius 2 is 2.00 bits per heavy atom. The number of hydrogen-bond donors (Lipinski definition) is 1. The molecule has 0 amide bonds. The first-order valence-corrected chi connectivity index (χ1v) is 8.56. The van der Waals surface area contributed by atoms with Crippen LogP contribution in [0.25, 0.3) is 0 Å². The van der Waals surface area contributed by atoms with Crippen LogP contribution in [0.4, 0.5) is 5.82 Å². The van der Waals surface area contributed by atoms with Gasteiger partial charge in [-0.2, -0.15) is 0 Å². The highest BCUT2D eigenvalue weighted by molar-refractivity contribution is 7.92. The summed E-state index contributed by atoms with van der Waals surface area (Å²) >= 11 is 0. The SMILES string of the molecule is Cc1cc(NS(=O)(=O)c2ccc(CC3CCC3)cc2)no1. The van der Waals surface area contributed by atoms with Gasteiger partial charge in [0.15, 0.2) is 5.82 Å². The first-order valence-electron chi connectivity index (χ1n) is 7.08. The number of anilines is 1. The van der Waals surface area contributed by atoms with Crippen LogP contribution in [0.5, 0.6) is 0 Å². The molecule has 0 radical (unpaired) electrons. The predicted octanol–water partition coefficient (Wildman–Crippen LogP) is 3.13. The molecule has 0 spiro atoms. The van der Waals surface area contributed by atoms with Gasteiger partial charge in [0.1, 0.15) is 5.76 Å². The van der Waals surface area contributed by atoms with Gasteiger partial charge in [-0.3, -0.25) is 4.72 Å². The van der Waals surface area contributed by atoms with E-state index >= 15 is 0 Å². The fraction of sp³-hybridized carbons (Fsp3) is 0.400. The molecule has 112 valence electrons. The molecule has 0 unspecified atom stereocenters. The Kier molecular flexibility index (Phi) is 3.71. The van der Waals surface area contributed by atoms with Crippen molar-refractivity contribution in [1.82, 2.24) is 5.16 Å². The lowest BCUT2D eigenvalue weighted by Gasteiger charge is -2.25. The molecule has 0 atom stereocenters. The fourth-order valence-electron chi connectivity index (χ4n) is 2.45. The molecular weight excluding hydrogens is 288 g/mol. The van der Waals surface area contributed by atoms with Crippen LogP contribution in [0.2, 0.25) is 0 Å². The summed E-state index contributed by atoms with van der Waals surface area (Å²) in [5, 5.41) is 3.64. The lowest BCUT2D eigenvalue weighted by Crippen LogP contribution is -2.15. The molecule has 0 bridgehead atoms. The third-order valence-electron chi connectivity index (χ3n) is 3.85. The molecule has 0 aliphatic heterocycles. The molecule has 21 heavy (non-hydrogen) atoms. The summed E-state index contributed by atoms with van der Waals surface area (Å²) in [4.78, 5) is 0.237. The van der Waals surface area contributed by atoms with E-state index in [1.807, 2.05) is 12.1 Å². The topological polar surface area (TPSA) is 72.2 Å². The van der Waals surface area contributed by atoms with Crippen molar-refractivity contribution < 1.29 is 12.9 Å². The molecule has 1 N–H and O–H groups in total. The van der Waals surface area contributed by atoms with Crippen molar-refractivity contribution in [2.45, 2.75) is 37.5 Å². The monoisotopic (exact) mass is 306 g/mol. The minimum absolute atomic E-state index is 0.200. The zero-order valence-corrected chi connectivity index (χ0v) is 12.7. The van der Waals surface area contributed by atoms with Crippen LogP contribution in [0.15, 0.2) is 39.8 Å². The zero-order valence-electron chi connectivity index (χ0n) is 11.9. The Morgan fingerprint density at radius 1 is 1.29 bits per heavy atom. The van der Waals surface area contributed by atoms with Crippen molar-refractivity contribution in [2.75, 3.05) is 4.72 Å². The van der Waals surface area contributed by atoms with Crippen molar-refractivity contribution in [3.8, 4) is 0 Å². The first-order chi connectivity index (χ1) is 10.0. The van der Waals surface area contributed by atoms with Crippen molar-refractivity contribution in [2.24, 2.45) is 5.92 Å². The van der Waals surface area contributed by atoms with Crippen LogP contribution in [0.1, 0.15) is 30.6 Å². The van der Waals surface area contributed by atoms with Gasteiger partial charge in [-0.15, -0.1) is 0 Å². The van der Waals surface area contributed by atoms with Crippen LogP contribution in [-0.2, 0) is 16.4 Å². The van der Waals surface area contributed by atoms with E-state index in [0.29, 0.717) is 5.76 Å². The average molecular weight is 306 g/mol. The van der Waals surface area contributed by atoms with Crippen LogP contribution >= 0.6 is 0 Å². The number of sulfonamides is 1. The maximum absolute atomic E-state index is 12.2. The smallest absolute Gasteiger partial charge is 0.263 e. The minimum atomic E-state index is -3.61. The average Bonchev–Trinajstić information content (AvgIpc) is 2.79. The Bertz CT molecular complexity index is 716. The number of benzene rings is 1. The third-order valence-corrected chi connectivity index (χ3v) is 5.22. The van der Waals surface area contributed by atoms with E-state index in [-0.39, 0.29) is 10.7 Å². The first kappa shape index (κ1) is 14.1. The fourth-order valence-corrected chi connectivity index (χ4v) is 3.43. The van der Waals surface area contributed by atoms with E-state index in [4.69, 9.17) is 4.52 Å². The van der Waals surface area contributed by atoms with Gasteiger partial charge in [0, 0.05) is 6.07 Å². The molecule has 1 fully saturated rings. The molecular formula is C15H18N2O3S. The Balaban J connectivity index is 1.72. The largest absolute Gasteiger partial charge is 0.360 e. The lowest BCUT2D eigenvalue weighted by molar-refractivity contribution is 0.314.